The van der Waals surface area contributed by atoms with Gasteiger partial charge in [0.2, 0.25) is 5.05 Å². The third kappa shape index (κ3) is 13.0. The number of rotatable bonds is 4. The Balaban J connectivity index is 0.000000312. The second kappa shape index (κ2) is 18.4. The number of allylic oxidation sites excluding steroid dienone is 8. The molecule has 2 nitrogen and oxygen atoms in total. The Bertz CT molecular complexity index is 1220. The van der Waals surface area contributed by atoms with Crippen LogP contribution in [-0.4, -0.2) is 30.0 Å². The zero-order valence-electron chi connectivity index (χ0n) is 25.2. The summed E-state index contributed by atoms with van der Waals surface area (Å²) >= 11 is 5.21. The standard InChI is InChI=1S/C14H17NOS.C10H11F3.C9H12.CH3F/c1-3-16-14(17)13-9-10(2)8-12(15-13)11-6-4-5-7-11;1-7-4-3-5-9(6-8(7)2)10(11,12)13;1-3-9-6-4-8(2)5-7-9;1-2/h6,8-9H,3-5,7H2,1-2H3;3-7H,1-2H3;4-7H,3H2,1-2H3;1H3. The number of benzene rings is 1. The van der Waals surface area contributed by atoms with Crippen LogP contribution in [0.25, 0.3) is 5.57 Å². The Morgan fingerprint density at radius 2 is 1.68 bits per heavy atom. The van der Waals surface area contributed by atoms with Gasteiger partial charge in [-0.05, 0) is 100 Å². The molecule has 1 heterocycles. The van der Waals surface area contributed by atoms with Crippen molar-refractivity contribution < 1.29 is 22.3 Å². The van der Waals surface area contributed by atoms with Gasteiger partial charge in [-0.15, -0.1) is 0 Å². The van der Waals surface area contributed by atoms with Gasteiger partial charge in [-0.25, -0.2) is 4.98 Å². The summed E-state index contributed by atoms with van der Waals surface area (Å²) in [7, 11) is 0.500. The highest BCUT2D eigenvalue weighted by Crippen LogP contribution is 2.30. The van der Waals surface area contributed by atoms with E-state index < -0.39 is 11.7 Å². The second-order valence-corrected chi connectivity index (χ2v) is 10.1. The van der Waals surface area contributed by atoms with Gasteiger partial charge in [-0.3, -0.25) is 4.39 Å². The minimum Gasteiger partial charge on any atom is -0.482 e. The summed E-state index contributed by atoms with van der Waals surface area (Å²) in [6.45, 7) is 12.5. The summed E-state index contributed by atoms with van der Waals surface area (Å²) in [6.07, 6.45) is 8.21. The molecule has 1 aromatic carbocycles. The molecule has 1 aromatic heterocycles. The van der Waals surface area contributed by atoms with Crippen LogP contribution in [-0.2, 0) is 11.2 Å². The zero-order valence-corrected chi connectivity index (χ0v) is 26.1. The Labute approximate surface area is 248 Å². The Kier molecular flexibility index (Phi) is 16.1. The summed E-state index contributed by atoms with van der Waals surface area (Å²) in [5.41, 5.74) is 7.27. The molecule has 0 N–H and O–H groups in total. The van der Waals surface area contributed by atoms with Crippen LogP contribution < -0.4 is 0 Å². The molecule has 0 radical (unpaired) electrons. The van der Waals surface area contributed by atoms with Crippen LogP contribution in [0.3, 0.4) is 0 Å². The second-order valence-electron chi connectivity index (χ2n) is 9.78. The van der Waals surface area contributed by atoms with Gasteiger partial charge in [-0.1, -0.05) is 79.6 Å². The third-order valence-electron chi connectivity index (χ3n) is 6.46. The van der Waals surface area contributed by atoms with E-state index in [4.69, 9.17) is 17.0 Å². The molecule has 0 aliphatic heterocycles. The van der Waals surface area contributed by atoms with E-state index in [0.29, 0.717) is 18.8 Å². The van der Waals surface area contributed by atoms with Crippen LogP contribution >= 0.6 is 12.2 Å². The SMILES string of the molecule is CC1=CC(C(F)(F)F)=CC=CC1C.CCOC(=S)c1cc(C)cc(C2=CCCC2)n1.CCc1ccc(C)cc1.CF. The maximum absolute atomic E-state index is 12.3. The van der Waals surface area contributed by atoms with Crippen LogP contribution in [0.1, 0.15) is 75.0 Å². The van der Waals surface area contributed by atoms with Gasteiger partial charge in [0, 0.05) is 0 Å². The van der Waals surface area contributed by atoms with Crippen LogP contribution in [0.2, 0.25) is 0 Å². The molecular weight excluding hydrogens is 546 g/mol. The normalized spacial score (nSPS) is 15.8. The summed E-state index contributed by atoms with van der Waals surface area (Å²) in [5.74, 6) is 0.0797. The summed E-state index contributed by atoms with van der Waals surface area (Å²) < 4.78 is 51.7. The van der Waals surface area contributed by atoms with Crippen LogP contribution in [0.4, 0.5) is 17.6 Å². The van der Waals surface area contributed by atoms with Crippen molar-refractivity contribution in [2.45, 2.75) is 73.4 Å². The van der Waals surface area contributed by atoms with E-state index in [9.17, 15) is 17.6 Å². The highest BCUT2D eigenvalue weighted by Gasteiger charge is 2.32. The minimum atomic E-state index is -4.24. The first kappa shape index (κ1) is 36.0. The molecular formula is C34H43F4NOS. The average Bonchev–Trinajstić information content (AvgIpc) is 3.43. The molecule has 0 spiro atoms. The monoisotopic (exact) mass is 589 g/mol. The van der Waals surface area contributed by atoms with Crippen molar-refractivity contribution in [1.29, 1.82) is 0 Å². The number of alkyl halides is 4. The van der Waals surface area contributed by atoms with E-state index >= 15 is 0 Å². The molecule has 0 bridgehead atoms. The molecule has 2 aromatic rings. The molecule has 0 fully saturated rings. The van der Waals surface area contributed by atoms with E-state index in [1.165, 1.54) is 40.8 Å². The van der Waals surface area contributed by atoms with Gasteiger partial charge in [0.15, 0.2) is 0 Å². The van der Waals surface area contributed by atoms with Crippen LogP contribution in [0.5, 0.6) is 0 Å². The number of hydrogen-bond acceptors (Lipinski definition) is 3. The number of pyridine rings is 1. The number of halogens is 4. The van der Waals surface area contributed by atoms with Crippen molar-refractivity contribution in [2.75, 3.05) is 13.8 Å². The number of hydrogen-bond donors (Lipinski definition) is 0. The lowest BCUT2D eigenvalue weighted by molar-refractivity contribution is -0.0882. The lowest BCUT2D eigenvalue weighted by atomic mass is 10.0. The Morgan fingerprint density at radius 3 is 2.22 bits per heavy atom. The Hall–Kier alpha value is -3.06. The van der Waals surface area contributed by atoms with Crippen molar-refractivity contribution in [3.8, 4) is 0 Å². The quantitative estimate of drug-likeness (QED) is 0.262. The number of thiocarbonyl (C=S) groups is 1. The zero-order chi connectivity index (χ0) is 31.0. The molecule has 0 saturated carbocycles. The smallest absolute Gasteiger partial charge is 0.416 e. The fourth-order valence-electron chi connectivity index (χ4n) is 3.95. The largest absolute Gasteiger partial charge is 0.482 e. The highest BCUT2D eigenvalue weighted by molar-refractivity contribution is 7.80. The molecule has 7 heteroatoms. The maximum atomic E-state index is 12.3. The van der Waals surface area contributed by atoms with Gasteiger partial charge < -0.3 is 4.74 Å². The molecule has 4 rings (SSSR count). The van der Waals surface area contributed by atoms with Crippen LogP contribution in [0.15, 0.2) is 77.9 Å². The molecule has 224 valence electrons. The Morgan fingerprint density at radius 1 is 1.02 bits per heavy atom. The van der Waals surface area contributed by atoms with E-state index in [0.717, 1.165) is 42.3 Å². The predicted octanol–water partition coefficient (Wildman–Crippen LogP) is 10.4. The first-order chi connectivity index (χ1) is 19.4. The molecule has 2 aliphatic carbocycles. The predicted molar refractivity (Wildman–Crippen MR) is 168 cm³/mol. The van der Waals surface area contributed by atoms with Gasteiger partial charge in [0.1, 0.15) is 5.69 Å². The van der Waals surface area contributed by atoms with Gasteiger partial charge in [-0.2, -0.15) is 13.2 Å². The topological polar surface area (TPSA) is 22.1 Å². The van der Waals surface area contributed by atoms with Crippen molar-refractivity contribution in [2.24, 2.45) is 5.92 Å². The summed E-state index contributed by atoms with van der Waals surface area (Å²) in [5, 5.41) is 0.496. The average molecular weight is 590 g/mol. The number of aryl methyl sites for hydroxylation is 3. The molecule has 41 heavy (non-hydrogen) atoms. The first-order valence-electron chi connectivity index (χ1n) is 13.9. The lowest BCUT2D eigenvalue weighted by Gasteiger charge is -2.08. The van der Waals surface area contributed by atoms with E-state index in [1.807, 2.05) is 19.9 Å². The minimum absolute atomic E-state index is 0.0797. The van der Waals surface area contributed by atoms with Gasteiger partial charge in [0.25, 0.3) is 0 Å². The third-order valence-corrected chi connectivity index (χ3v) is 6.78. The fourth-order valence-corrected chi connectivity index (χ4v) is 4.17. The molecule has 0 saturated heterocycles. The number of ether oxygens (including phenoxy) is 1. The van der Waals surface area contributed by atoms with Crippen LogP contribution in [0, 0.1) is 19.8 Å². The number of aromatic nitrogens is 1. The first-order valence-corrected chi connectivity index (χ1v) is 14.3. The maximum Gasteiger partial charge on any atom is 0.416 e. The molecule has 0 amide bonds. The summed E-state index contributed by atoms with van der Waals surface area (Å²) in [6, 6.07) is 12.8. The van der Waals surface area contributed by atoms with Gasteiger partial charge >= 0.3 is 6.18 Å². The van der Waals surface area contributed by atoms with Crippen molar-refractivity contribution in [3.05, 3.63) is 106 Å². The van der Waals surface area contributed by atoms with E-state index in [2.05, 4.69) is 62.2 Å². The van der Waals surface area contributed by atoms with E-state index in [1.54, 1.807) is 13.0 Å². The molecule has 1 atom stereocenters. The lowest BCUT2D eigenvalue weighted by Crippen LogP contribution is -2.10. The van der Waals surface area contributed by atoms with Gasteiger partial charge in [0.05, 0.1) is 25.1 Å². The van der Waals surface area contributed by atoms with Crippen molar-refractivity contribution in [3.63, 3.8) is 0 Å². The molecule has 1 unspecified atom stereocenters. The van der Waals surface area contributed by atoms with Crippen molar-refractivity contribution in [1.82, 2.24) is 4.98 Å². The van der Waals surface area contributed by atoms with E-state index in [-0.39, 0.29) is 5.92 Å². The summed E-state index contributed by atoms with van der Waals surface area (Å²) in [4.78, 5) is 4.60. The number of nitrogens with zero attached hydrogens (tertiary/aromatic N) is 1. The van der Waals surface area contributed by atoms with Crippen molar-refractivity contribution >= 4 is 22.8 Å². The molecule has 2 aliphatic rings. The fraction of sp³-hybridized carbons (Fsp3) is 0.412. The highest BCUT2D eigenvalue weighted by atomic mass is 32.1.